The van der Waals surface area contributed by atoms with Gasteiger partial charge in [0.25, 0.3) is 0 Å². The van der Waals surface area contributed by atoms with Gasteiger partial charge in [0.15, 0.2) is 6.29 Å². The van der Waals surface area contributed by atoms with Crippen LogP contribution in [0.5, 0.6) is 0 Å². The van der Waals surface area contributed by atoms with Crippen LogP contribution in [-0.2, 0) is 9.47 Å². The molecular formula is C14H23NO3. The molecule has 1 saturated heterocycles. The van der Waals surface area contributed by atoms with Crippen LogP contribution in [0.3, 0.4) is 0 Å². The summed E-state index contributed by atoms with van der Waals surface area (Å²) in [5.74, 6) is 0. The number of hydrogen-bond donors (Lipinski definition) is 1. The number of nitrogens with zero attached hydrogens (tertiary/aromatic N) is 1. The van der Waals surface area contributed by atoms with Crippen LogP contribution in [0.1, 0.15) is 18.8 Å². The van der Waals surface area contributed by atoms with E-state index in [-0.39, 0.29) is 6.29 Å². The molecule has 18 heavy (non-hydrogen) atoms. The Morgan fingerprint density at radius 3 is 2.11 bits per heavy atom. The lowest BCUT2D eigenvalue weighted by molar-refractivity contribution is -0.220. The summed E-state index contributed by atoms with van der Waals surface area (Å²) in [6.45, 7) is 3.96. The summed E-state index contributed by atoms with van der Waals surface area (Å²) in [7, 11) is 4.11. The van der Waals surface area contributed by atoms with E-state index in [0.717, 1.165) is 12.1 Å². The number of benzene rings is 1. The molecule has 1 aliphatic heterocycles. The Balaban J connectivity index is 0.000000280. The average Bonchev–Trinajstić information content (AvgIpc) is 2.41. The van der Waals surface area contributed by atoms with Crippen LogP contribution in [0.2, 0.25) is 0 Å². The highest BCUT2D eigenvalue weighted by Gasteiger charge is 2.21. The summed E-state index contributed by atoms with van der Waals surface area (Å²) in [6, 6.07) is 9.71. The van der Waals surface area contributed by atoms with Crippen molar-refractivity contribution in [2.45, 2.75) is 19.3 Å². The SMILES string of the molecule is CCN(C)C.OC1COC(c2ccccc2)OC1. The number of hydrogen-bond acceptors (Lipinski definition) is 4. The largest absolute Gasteiger partial charge is 0.388 e. The number of ether oxygens (including phenoxy) is 2. The Kier molecular flexibility index (Phi) is 6.90. The fourth-order valence-electron chi connectivity index (χ4n) is 1.30. The van der Waals surface area contributed by atoms with E-state index in [1.165, 1.54) is 0 Å². The summed E-state index contributed by atoms with van der Waals surface area (Å²) >= 11 is 0. The van der Waals surface area contributed by atoms with Gasteiger partial charge in [-0.25, -0.2) is 0 Å². The molecule has 102 valence electrons. The Morgan fingerprint density at radius 1 is 1.17 bits per heavy atom. The van der Waals surface area contributed by atoms with Crippen LogP contribution in [0.4, 0.5) is 0 Å². The Bertz CT molecular complexity index is 308. The van der Waals surface area contributed by atoms with Crippen LogP contribution in [0, 0.1) is 0 Å². The predicted octanol–water partition coefficient (Wildman–Crippen LogP) is 1.66. The first-order valence-electron chi connectivity index (χ1n) is 6.24. The zero-order chi connectivity index (χ0) is 13.4. The standard InChI is InChI=1S/C10H12O3.C4H11N/c11-9-6-12-10(13-7-9)8-4-2-1-3-5-8;1-4-5(2)3/h1-5,9-11H,6-7H2;4H2,1-3H3. The molecule has 0 saturated carbocycles. The lowest BCUT2D eigenvalue weighted by Gasteiger charge is -2.26. The van der Waals surface area contributed by atoms with E-state index in [1.54, 1.807) is 0 Å². The van der Waals surface area contributed by atoms with E-state index < -0.39 is 6.10 Å². The van der Waals surface area contributed by atoms with Gasteiger partial charge in [-0.15, -0.1) is 0 Å². The summed E-state index contributed by atoms with van der Waals surface area (Å²) in [6.07, 6.45) is -0.801. The Hall–Kier alpha value is -0.940. The minimum atomic E-state index is -0.486. The highest BCUT2D eigenvalue weighted by atomic mass is 16.7. The van der Waals surface area contributed by atoms with Crippen molar-refractivity contribution in [1.82, 2.24) is 4.90 Å². The third-order valence-electron chi connectivity index (χ3n) is 2.58. The van der Waals surface area contributed by atoms with Gasteiger partial charge < -0.3 is 19.5 Å². The predicted molar refractivity (Wildman–Crippen MR) is 71.3 cm³/mol. The maximum absolute atomic E-state index is 9.12. The highest BCUT2D eigenvalue weighted by Crippen LogP contribution is 2.22. The molecule has 2 rings (SSSR count). The molecule has 1 fully saturated rings. The zero-order valence-electron chi connectivity index (χ0n) is 11.4. The molecule has 0 spiro atoms. The van der Waals surface area contributed by atoms with Gasteiger partial charge in [-0.1, -0.05) is 37.3 Å². The van der Waals surface area contributed by atoms with Crippen LogP contribution < -0.4 is 0 Å². The molecule has 1 aliphatic rings. The van der Waals surface area contributed by atoms with E-state index in [0.29, 0.717) is 13.2 Å². The summed E-state index contributed by atoms with van der Waals surface area (Å²) in [4.78, 5) is 2.12. The second-order valence-corrected chi connectivity index (χ2v) is 4.46. The van der Waals surface area contributed by atoms with E-state index in [9.17, 15) is 0 Å². The van der Waals surface area contributed by atoms with Gasteiger partial charge >= 0.3 is 0 Å². The maximum Gasteiger partial charge on any atom is 0.184 e. The van der Waals surface area contributed by atoms with Crippen molar-refractivity contribution in [1.29, 1.82) is 0 Å². The first-order valence-corrected chi connectivity index (χ1v) is 6.24. The summed E-state index contributed by atoms with van der Waals surface area (Å²) in [5.41, 5.74) is 0.995. The molecule has 0 aromatic heterocycles. The van der Waals surface area contributed by atoms with Gasteiger partial charge in [-0.05, 0) is 20.6 Å². The van der Waals surface area contributed by atoms with Crippen molar-refractivity contribution in [2.24, 2.45) is 0 Å². The monoisotopic (exact) mass is 253 g/mol. The summed E-state index contributed by atoms with van der Waals surface area (Å²) < 4.78 is 10.6. The van der Waals surface area contributed by atoms with Crippen molar-refractivity contribution >= 4 is 0 Å². The molecule has 0 bridgehead atoms. The molecule has 0 amide bonds. The Labute approximate surface area is 109 Å². The smallest absolute Gasteiger partial charge is 0.184 e. The first kappa shape index (κ1) is 15.1. The van der Waals surface area contributed by atoms with E-state index in [4.69, 9.17) is 14.6 Å². The molecule has 1 aromatic carbocycles. The van der Waals surface area contributed by atoms with Gasteiger partial charge in [0.2, 0.25) is 0 Å². The normalized spacial score (nSPS) is 23.4. The molecule has 1 N–H and O–H groups in total. The fourth-order valence-corrected chi connectivity index (χ4v) is 1.30. The first-order chi connectivity index (χ1) is 8.63. The molecule has 0 atom stereocenters. The number of aliphatic hydroxyl groups excluding tert-OH is 1. The maximum atomic E-state index is 9.12. The van der Waals surface area contributed by atoms with E-state index >= 15 is 0 Å². The van der Waals surface area contributed by atoms with Crippen LogP contribution >= 0.6 is 0 Å². The fraction of sp³-hybridized carbons (Fsp3) is 0.571. The molecule has 0 unspecified atom stereocenters. The van der Waals surface area contributed by atoms with E-state index in [2.05, 4.69) is 25.9 Å². The van der Waals surface area contributed by atoms with Crippen LogP contribution in [0.25, 0.3) is 0 Å². The molecule has 1 aromatic rings. The molecule has 1 heterocycles. The lowest BCUT2D eigenvalue weighted by atomic mass is 10.2. The minimum absolute atomic E-state index is 0.315. The van der Waals surface area contributed by atoms with Crippen molar-refractivity contribution in [3.63, 3.8) is 0 Å². The van der Waals surface area contributed by atoms with Crippen molar-refractivity contribution in [2.75, 3.05) is 33.9 Å². The lowest BCUT2D eigenvalue weighted by Crippen LogP contribution is -2.30. The molecule has 0 radical (unpaired) electrons. The second kappa shape index (κ2) is 8.21. The molecule has 0 aliphatic carbocycles. The highest BCUT2D eigenvalue weighted by molar-refractivity contribution is 5.16. The third-order valence-corrected chi connectivity index (χ3v) is 2.58. The molecular weight excluding hydrogens is 230 g/mol. The van der Waals surface area contributed by atoms with Gasteiger partial charge in [-0.2, -0.15) is 0 Å². The zero-order valence-corrected chi connectivity index (χ0v) is 11.4. The van der Waals surface area contributed by atoms with Gasteiger partial charge in [0, 0.05) is 5.56 Å². The number of rotatable bonds is 2. The van der Waals surface area contributed by atoms with Gasteiger partial charge in [0.05, 0.1) is 13.2 Å². The van der Waals surface area contributed by atoms with Crippen molar-refractivity contribution < 1.29 is 14.6 Å². The average molecular weight is 253 g/mol. The topological polar surface area (TPSA) is 41.9 Å². The Morgan fingerprint density at radius 2 is 1.67 bits per heavy atom. The van der Waals surface area contributed by atoms with Gasteiger partial charge in [0.1, 0.15) is 6.10 Å². The van der Waals surface area contributed by atoms with Crippen LogP contribution in [0.15, 0.2) is 30.3 Å². The molecule has 4 heteroatoms. The second-order valence-electron chi connectivity index (χ2n) is 4.46. The van der Waals surface area contributed by atoms with Crippen LogP contribution in [-0.4, -0.2) is 50.0 Å². The molecule has 4 nitrogen and oxygen atoms in total. The van der Waals surface area contributed by atoms with Crippen molar-refractivity contribution in [3.05, 3.63) is 35.9 Å². The number of aliphatic hydroxyl groups is 1. The summed E-state index contributed by atoms with van der Waals surface area (Å²) in [5, 5.41) is 9.12. The van der Waals surface area contributed by atoms with Gasteiger partial charge in [-0.3, -0.25) is 0 Å². The quantitative estimate of drug-likeness (QED) is 0.870. The third kappa shape index (κ3) is 5.60. The van der Waals surface area contributed by atoms with E-state index in [1.807, 2.05) is 30.3 Å². The minimum Gasteiger partial charge on any atom is -0.388 e. The van der Waals surface area contributed by atoms with Crippen molar-refractivity contribution in [3.8, 4) is 0 Å².